The molecular weight excluding hydrogens is 829 g/mol. The Balaban J connectivity index is 4.40. The lowest BCUT2D eigenvalue weighted by atomic mass is 10.1. The molecule has 0 saturated carbocycles. The molecule has 67 heavy (non-hydrogen) atoms. The van der Waals surface area contributed by atoms with Crippen molar-refractivity contribution in [2.75, 3.05) is 13.2 Å². The summed E-state index contributed by atoms with van der Waals surface area (Å²) in [5.41, 5.74) is 0. The van der Waals surface area contributed by atoms with Crippen molar-refractivity contribution < 1.29 is 28.6 Å². The molecule has 0 aromatic heterocycles. The average Bonchev–Trinajstić information content (AvgIpc) is 3.33. The van der Waals surface area contributed by atoms with Crippen LogP contribution in [0.2, 0.25) is 0 Å². The van der Waals surface area contributed by atoms with Crippen LogP contribution in [0.25, 0.3) is 0 Å². The van der Waals surface area contributed by atoms with E-state index in [0.717, 1.165) is 122 Å². The minimum absolute atomic E-state index is 0.116. The maximum absolute atomic E-state index is 12.8. The van der Waals surface area contributed by atoms with Gasteiger partial charge in [0, 0.05) is 19.3 Å². The summed E-state index contributed by atoms with van der Waals surface area (Å²) < 4.78 is 16.7. The van der Waals surface area contributed by atoms with Gasteiger partial charge in [0.25, 0.3) is 0 Å². The summed E-state index contributed by atoms with van der Waals surface area (Å²) in [6.45, 7) is 6.25. The number of allylic oxidation sites excluding steroid dienone is 20. The molecule has 6 heteroatoms. The van der Waals surface area contributed by atoms with Crippen molar-refractivity contribution in [1.29, 1.82) is 0 Å². The first kappa shape index (κ1) is 62.8. The van der Waals surface area contributed by atoms with Gasteiger partial charge in [-0.1, -0.05) is 219 Å². The monoisotopic (exact) mass is 927 g/mol. The molecule has 0 aliphatic rings. The number of unbranched alkanes of at least 4 members (excludes halogenated alkanes) is 16. The lowest BCUT2D eigenvalue weighted by Crippen LogP contribution is -2.30. The molecular formula is C61H98O6. The fraction of sp³-hybridized carbons (Fsp3) is 0.623. The van der Waals surface area contributed by atoms with Gasteiger partial charge in [0.2, 0.25) is 0 Å². The molecule has 0 aromatic rings. The first-order valence-corrected chi connectivity index (χ1v) is 27.0. The highest BCUT2D eigenvalue weighted by Gasteiger charge is 2.19. The number of esters is 3. The fourth-order valence-corrected chi connectivity index (χ4v) is 6.95. The molecule has 0 fully saturated rings. The summed E-state index contributed by atoms with van der Waals surface area (Å²) in [4.78, 5) is 38.0. The Kier molecular flexibility index (Phi) is 51.0. The zero-order chi connectivity index (χ0) is 48.6. The molecule has 378 valence electrons. The quantitative estimate of drug-likeness (QED) is 0.0262. The molecule has 0 N–H and O–H groups in total. The van der Waals surface area contributed by atoms with Crippen molar-refractivity contribution in [3.05, 3.63) is 122 Å². The van der Waals surface area contributed by atoms with Crippen molar-refractivity contribution in [2.45, 2.75) is 232 Å². The number of hydrogen-bond donors (Lipinski definition) is 0. The third-order valence-corrected chi connectivity index (χ3v) is 10.9. The number of hydrogen-bond acceptors (Lipinski definition) is 6. The number of carbonyl (C=O) groups excluding carboxylic acids is 3. The van der Waals surface area contributed by atoms with Crippen LogP contribution < -0.4 is 0 Å². The summed E-state index contributed by atoms with van der Waals surface area (Å²) >= 11 is 0. The standard InChI is InChI=1S/C61H98O6/c1-4-7-10-13-16-19-22-25-26-27-28-29-30-31-32-33-34-37-39-42-45-48-51-54-60(63)66-57-58(67-61(64)55-52-49-46-43-40-36-24-21-18-15-12-9-6-3)56-65-59(62)53-50-47-44-41-38-35-23-20-17-14-11-8-5-2/h7,9-12,14,16,18-21,23,25-26,28-29,36,40,46,49,58H,4-6,8,13,15,17,22,24,27,30-35,37-39,41-45,47-48,50-57H2,1-3H3/b10-7-,12-9-,14-11-,19-16-,21-18-,23-20-,26-25-,29-28-,40-36-,49-46-. The second kappa shape index (κ2) is 54.4. The average molecular weight is 927 g/mol. The van der Waals surface area contributed by atoms with Gasteiger partial charge in [0.1, 0.15) is 13.2 Å². The van der Waals surface area contributed by atoms with E-state index in [-0.39, 0.29) is 31.6 Å². The molecule has 6 nitrogen and oxygen atoms in total. The highest BCUT2D eigenvalue weighted by molar-refractivity contribution is 5.71. The number of rotatable bonds is 47. The van der Waals surface area contributed by atoms with Crippen LogP contribution in [0.15, 0.2) is 122 Å². The molecule has 0 spiro atoms. The third kappa shape index (κ3) is 52.6. The summed E-state index contributed by atoms with van der Waals surface area (Å²) in [5, 5.41) is 0. The van der Waals surface area contributed by atoms with E-state index >= 15 is 0 Å². The van der Waals surface area contributed by atoms with Crippen LogP contribution in [-0.4, -0.2) is 37.2 Å². The van der Waals surface area contributed by atoms with E-state index in [4.69, 9.17) is 14.2 Å². The van der Waals surface area contributed by atoms with Crippen molar-refractivity contribution in [1.82, 2.24) is 0 Å². The molecule has 0 amide bonds. The molecule has 0 aromatic carbocycles. The smallest absolute Gasteiger partial charge is 0.306 e. The van der Waals surface area contributed by atoms with E-state index in [1.165, 1.54) is 57.8 Å². The molecule has 1 unspecified atom stereocenters. The van der Waals surface area contributed by atoms with Crippen molar-refractivity contribution in [3.8, 4) is 0 Å². The van der Waals surface area contributed by atoms with Crippen LogP contribution in [0.3, 0.4) is 0 Å². The fourth-order valence-electron chi connectivity index (χ4n) is 6.95. The number of carbonyl (C=O) groups is 3. The molecule has 0 saturated heterocycles. The predicted octanol–water partition coefficient (Wildman–Crippen LogP) is 18.1. The molecule has 1 atom stereocenters. The van der Waals surface area contributed by atoms with Crippen LogP contribution in [0.4, 0.5) is 0 Å². The van der Waals surface area contributed by atoms with E-state index in [1.807, 2.05) is 12.2 Å². The SMILES string of the molecule is CC/C=C\C/C=C\C/C=C\C/C=C\CCCCCCCCCCCCC(=O)OCC(COC(=O)CCCCCCC/C=C\C/C=C\CCC)OC(=O)CC/C=C\C/C=C\C/C=C\C/C=C\CC. The van der Waals surface area contributed by atoms with Gasteiger partial charge in [-0.2, -0.15) is 0 Å². The van der Waals surface area contributed by atoms with Gasteiger partial charge >= 0.3 is 17.9 Å². The topological polar surface area (TPSA) is 78.9 Å². The minimum Gasteiger partial charge on any atom is -0.462 e. The minimum atomic E-state index is -0.826. The zero-order valence-electron chi connectivity index (χ0n) is 43.1. The summed E-state index contributed by atoms with van der Waals surface area (Å²) in [7, 11) is 0. The lowest BCUT2D eigenvalue weighted by Gasteiger charge is -2.18. The predicted molar refractivity (Wildman–Crippen MR) is 288 cm³/mol. The third-order valence-electron chi connectivity index (χ3n) is 10.9. The van der Waals surface area contributed by atoms with Crippen LogP contribution in [0.5, 0.6) is 0 Å². The Morgan fingerprint density at radius 1 is 0.313 bits per heavy atom. The maximum atomic E-state index is 12.8. The highest BCUT2D eigenvalue weighted by Crippen LogP contribution is 2.14. The van der Waals surface area contributed by atoms with Gasteiger partial charge in [0.15, 0.2) is 6.10 Å². The second-order valence-corrected chi connectivity index (χ2v) is 17.4. The van der Waals surface area contributed by atoms with E-state index < -0.39 is 12.1 Å². The Morgan fingerprint density at radius 3 is 0.970 bits per heavy atom. The van der Waals surface area contributed by atoms with Gasteiger partial charge in [-0.15, -0.1) is 0 Å². The van der Waals surface area contributed by atoms with Crippen molar-refractivity contribution >= 4 is 17.9 Å². The van der Waals surface area contributed by atoms with E-state index in [2.05, 4.69) is 130 Å². The molecule has 0 rings (SSSR count). The van der Waals surface area contributed by atoms with E-state index in [9.17, 15) is 14.4 Å². The van der Waals surface area contributed by atoms with E-state index in [0.29, 0.717) is 19.3 Å². The van der Waals surface area contributed by atoms with Gasteiger partial charge in [-0.3, -0.25) is 14.4 Å². The van der Waals surface area contributed by atoms with Gasteiger partial charge in [0.05, 0.1) is 0 Å². The Bertz CT molecular complexity index is 1440. The summed E-state index contributed by atoms with van der Waals surface area (Å²) in [6.07, 6.45) is 74.9. The largest absolute Gasteiger partial charge is 0.462 e. The second-order valence-electron chi connectivity index (χ2n) is 17.4. The first-order chi connectivity index (χ1) is 33.0. The molecule has 0 aliphatic carbocycles. The van der Waals surface area contributed by atoms with Crippen LogP contribution in [0, 0.1) is 0 Å². The summed E-state index contributed by atoms with van der Waals surface area (Å²) in [5.74, 6) is -1.02. The molecule has 0 aliphatic heterocycles. The number of ether oxygens (including phenoxy) is 3. The maximum Gasteiger partial charge on any atom is 0.306 e. The van der Waals surface area contributed by atoms with Crippen LogP contribution in [0.1, 0.15) is 226 Å². The normalized spacial score (nSPS) is 13.1. The van der Waals surface area contributed by atoms with Gasteiger partial charge in [-0.05, 0) is 109 Å². The molecule has 0 bridgehead atoms. The first-order valence-electron chi connectivity index (χ1n) is 27.0. The Labute approximate surface area is 412 Å². The lowest BCUT2D eigenvalue weighted by molar-refractivity contribution is -0.166. The Morgan fingerprint density at radius 2 is 0.612 bits per heavy atom. The molecule has 0 heterocycles. The van der Waals surface area contributed by atoms with Gasteiger partial charge < -0.3 is 14.2 Å². The van der Waals surface area contributed by atoms with Crippen LogP contribution in [-0.2, 0) is 28.6 Å². The molecule has 0 radical (unpaired) electrons. The zero-order valence-corrected chi connectivity index (χ0v) is 43.1. The Hall–Kier alpha value is -4.19. The highest BCUT2D eigenvalue weighted by atomic mass is 16.6. The van der Waals surface area contributed by atoms with Crippen molar-refractivity contribution in [2.24, 2.45) is 0 Å². The van der Waals surface area contributed by atoms with E-state index in [1.54, 1.807) is 0 Å². The summed E-state index contributed by atoms with van der Waals surface area (Å²) in [6, 6.07) is 0. The van der Waals surface area contributed by atoms with Gasteiger partial charge in [-0.25, -0.2) is 0 Å². The van der Waals surface area contributed by atoms with Crippen molar-refractivity contribution in [3.63, 3.8) is 0 Å². The van der Waals surface area contributed by atoms with Crippen LogP contribution >= 0.6 is 0 Å².